The second-order valence-electron chi connectivity index (χ2n) is 5.45. The van der Waals surface area contributed by atoms with Crippen molar-refractivity contribution >= 4 is 33.0 Å². The largest absolute Gasteiger partial charge is 0.243 e. The summed E-state index contributed by atoms with van der Waals surface area (Å²) in [7, 11) is -1.80. The first kappa shape index (κ1) is 16.0. The predicted octanol–water partition coefficient (Wildman–Crippen LogP) is 3.54. The molecule has 1 unspecified atom stereocenters. The Hall–Kier alpha value is -0.100. The maximum atomic E-state index is 12.4. The standard InChI is InChI=1S/C12H20ClNO2S2/c1-9(12(2,3)4)14(5)18(15,16)11-6-10(7-13)17-8-11/h6,8-9H,7H2,1-5H3. The molecule has 0 bridgehead atoms. The van der Waals surface area contributed by atoms with Crippen molar-refractivity contribution in [2.75, 3.05) is 7.05 Å². The van der Waals surface area contributed by atoms with Gasteiger partial charge in [-0.3, -0.25) is 0 Å². The average Bonchev–Trinajstić information content (AvgIpc) is 2.74. The van der Waals surface area contributed by atoms with E-state index >= 15 is 0 Å². The van der Waals surface area contributed by atoms with Gasteiger partial charge in [-0.2, -0.15) is 4.31 Å². The lowest BCUT2D eigenvalue weighted by Gasteiger charge is -2.34. The molecule has 0 amide bonds. The zero-order valence-corrected chi connectivity index (χ0v) is 13.8. The van der Waals surface area contributed by atoms with Gasteiger partial charge in [0, 0.05) is 23.3 Å². The Morgan fingerprint density at radius 1 is 1.44 bits per heavy atom. The molecular formula is C12H20ClNO2S2. The molecule has 3 nitrogen and oxygen atoms in total. The van der Waals surface area contributed by atoms with E-state index in [1.165, 1.54) is 15.6 Å². The Morgan fingerprint density at radius 2 is 2.00 bits per heavy atom. The first-order valence-electron chi connectivity index (χ1n) is 5.72. The van der Waals surface area contributed by atoms with Crippen LogP contribution in [0.5, 0.6) is 0 Å². The van der Waals surface area contributed by atoms with Crippen molar-refractivity contribution in [3.8, 4) is 0 Å². The third kappa shape index (κ3) is 3.26. The summed E-state index contributed by atoms with van der Waals surface area (Å²) in [5.74, 6) is 0.346. The van der Waals surface area contributed by atoms with Crippen LogP contribution >= 0.6 is 22.9 Å². The molecule has 0 radical (unpaired) electrons. The number of hydrogen-bond donors (Lipinski definition) is 0. The fourth-order valence-electron chi connectivity index (χ4n) is 1.49. The van der Waals surface area contributed by atoms with Gasteiger partial charge in [0.1, 0.15) is 0 Å². The van der Waals surface area contributed by atoms with Crippen LogP contribution in [0.1, 0.15) is 32.6 Å². The van der Waals surface area contributed by atoms with Crippen LogP contribution < -0.4 is 0 Å². The highest BCUT2D eigenvalue weighted by Crippen LogP contribution is 2.29. The van der Waals surface area contributed by atoms with Gasteiger partial charge in [0.25, 0.3) is 0 Å². The molecule has 18 heavy (non-hydrogen) atoms. The number of alkyl halides is 1. The first-order valence-corrected chi connectivity index (χ1v) is 8.57. The third-order valence-electron chi connectivity index (χ3n) is 3.24. The van der Waals surface area contributed by atoms with Gasteiger partial charge in [-0.05, 0) is 18.4 Å². The van der Waals surface area contributed by atoms with Crippen LogP contribution in [-0.2, 0) is 15.9 Å². The van der Waals surface area contributed by atoms with Crippen LogP contribution in [0.25, 0.3) is 0 Å². The summed E-state index contributed by atoms with van der Waals surface area (Å²) in [5, 5.41) is 1.65. The molecule has 0 N–H and O–H groups in total. The minimum atomic E-state index is -3.43. The summed E-state index contributed by atoms with van der Waals surface area (Å²) in [4.78, 5) is 1.20. The quantitative estimate of drug-likeness (QED) is 0.798. The van der Waals surface area contributed by atoms with Crippen LogP contribution in [0.4, 0.5) is 0 Å². The van der Waals surface area contributed by atoms with E-state index in [1.807, 2.05) is 27.7 Å². The fourth-order valence-corrected chi connectivity index (χ4v) is 4.41. The topological polar surface area (TPSA) is 37.4 Å². The normalized spacial score (nSPS) is 15.1. The summed E-state index contributed by atoms with van der Waals surface area (Å²) in [6, 6.07) is 1.57. The highest BCUT2D eigenvalue weighted by molar-refractivity contribution is 7.89. The Kier molecular flexibility index (Phi) is 4.87. The third-order valence-corrected chi connectivity index (χ3v) is 6.68. The van der Waals surface area contributed by atoms with Crippen molar-refractivity contribution in [2.45, 2.75) is 44.5 Å². The maximum absolute atomic E-state index is 12.4. The van der Waals surface area contributed by atoms with E-state index in [2.05, 4.69) is 0 Å². The van der Waals surface area contributed by atoms with Gasteiger partial charge >= 0.3 is 0 Å². The molecule has 6 heteroatoms. The molecule has 0 aliphatic heterocycles. The van der Waals surface area contributed by atoms with E-state index in [4.69, 9.17) is 11.6 Å². The van der Waals surface area contributed by atoms with Crippen LogP contribution in [0, 0.1) is 5.41 Å². The molecular weight excluding hydrogens is 290 g/mol. The van der Waals surface area contributed by atoms with Gasteiger partial charge in [-0.15, -0.1) is 22.9 Å². The number of halogens is 1. The van der Waals surface area contributed by atoms with Crippen molar-refractivity contribution in [1.82, 2.24) is 4.31 Å². The first-order chi connectivity index (χ1) is 8.10. The van der Waals surface area contributed by atoms with E-state index in [1.54, 1.807) is 18.5 Å². The van der Waals surface area contributed by atoms with E-state index in [0.717, 1.165) is 4.88 Å². The lowest BCUT2D eigenvalue weighted by Crippen LogP contribution is -2.42. The van der Waals surface area contributed by atoms with Crippen molar-refractivity contribution in [2.24, 2.45) is 5.41 Å². The minimum Gasteiger partial charge on any atom is -0.207 e. The van der Waals surface area contributed by atoms with Gasteiger partial charge in [0.15, 0.2) is 0 Å². The molecule has 0 spiro atoms. The van der Waals surface area contributed by atoms with Crippen LogP contribution in [0.2, 0.25) is 0 Å². The number of thiophene rings is 1. The molecule has 0 saturated carbocycles. The SMILES string of the molecule is CC(N(C)S(=O)(=O)c1csc(CCl)c1)C(C)(C)C. The van der Waals surface area contributed by atoms with Crippen LogP contribution in [0.15, 0.2) is 16.3 Å². The summed E-state index contributed by atoms with van der Waals surface area (Å²) in [6.45, 7) is 8.01. The highest BCUT2D eigenvalue weighted by Gasteiger charge is 2.32. The van der Waals surface area contributed by atoms with Crippen molar-refractivity contribution in [1.29, 1.82) is 0 Å². The Balaban J connectivity index is 3.07. The summed E-state index contributed by atoms with van der Waals surface area (Å²) in [5.41, 5.74) is -0.104. The van der Waals surface area contributed by atoms with E-state index < -0.39 is 10.0 Å². The van der Waals surface area contributed by atoms with E-state index in [0.29, 0.717) is 10.8 Å². The van der Waals surface area contributed by atoms with E-state index in [9.17, 15) is 8.42 Å². The lowest BCUT2D eigenvalue weighted by molar-refractivity contribution is 0.216. The Labute approximate surface area is 119 Å². The minimum absolute atomic E-state index is 0.0816. The molecule has 0 aliphatic rings. The van der Waals surface area contributed by atoms with Crippen molar-refractivity contribution in [3.63, 3.8) is 0 Å². The molecule has 1 aromatic heterocycles. The van der Waals surface area contributed by atoms with Crippen molar-refractivity contribution < 1.29 is 8.42 Å². The summed E-state index contributed by atoms with van der Waals surface area (Å²) < 4.78 is 26.3. The predicted molar refractivity (Wildman–Crippen MR) is 77.7 cm³/mol. The zero-order valence-electron chi connectivity index (χ0n) is 11.4. The molecule has 0 aliphatic carbocycles. The van der Waals surface area contributed by atoms with Gasteiger partial charge in [0.2, 0.25) is 10.0 Å². The smallest absolute Gasteiger partial charge is 0.207 e. The Morgan fingerprint density at radius 3 is 2.39 bits per heavy atom. The number of hydrogen-bond acceptors (Lipinski definition) is 3. The monoisotopic (exact) mass is 309 g/mol. The molecule has 104 valence electrons. The molecule has 1 aromatic rings. The average molecular weight is 310 g/mol. The molecule has 1 atom stereocenters. The number of sulfonamides is 1. The van der Waals surface area contributed by atoms with Crippen LogP contribution in [0.3, 0.4) is 0 Å². The zero-order chi connectivity index (χ0) is 14.1. The van der Waals surface area contributed by atoms with Gasteiger partial charge in [-0.1, -0.05) is 20.8 Å². The van der Waals surface area contributed by atoms with Gasteiger partial charge in [0.05, 0.1) is 10.8 Å². The summed E-state index contributed by atoms with van der Waals surface area (Å²) in [6.07, 6.45) is 0. The number of rotatable bonds is 4. The molecule has 0 fully saturated rings. The van der Waals surface area contributed by atoms with Crippen molar-refractivity contribution in [3.05, 3.63) is 16.3 Å². The molecule has 1 heterocycles. The van der Waals surface area contributed by atoms with Crippen LogP contribution in [-0.4, -0.2) is 25.8 Å². The lowest BCUT2D eigenvalue weighted by atomic mass is 9.88. The van der Waals surface area contributed by atoms with Gasteiger partial charge in [-0.25, -0.2) is 8.42 Å². The molecule has 0 saturated heterocycles. The Bertz CT molecular complexity index is 502. The summed E-state index contributed by atoms with van der Waals surface area (Å²) >= 11 is 7.08. The van der Waals surface area contributed by atoms with E-state index in [-0.39, 0.29) is 11.5 Å². The second-order valence-corrected chi connectivity index (χ2v) is 8.71. The highest BCUT2D eigenvalue weighted by atomic mass is 35.5. The van der Waals surface area contributed by atoms with Gasteiger partial charge < -0.3 is 0 Å². The number of nitrogens with zero attached hydrogens (tertiary/aromatic N) is 1. The molecule has 0 aromatic carbocycles. The second kappa shape index (κ2) is 5.49. The fraction of sp³-hybridized carbons (Fsp3) is 0.667. The maximum Gasteiger partial charge on any atom is 0.243 e. The molecule has 1 rings (SSSR count).